The van der Waals surface area contributed by atoms with Crippen molar-refractivity contribution in [1.82, 2.24) is 14.5 Å². The van der Waals surface area contributed by atoms with Crippen LogP contribution in [0.2, 0.25) is 5.02 Å². The first kappa shape index (κ1) is 11.9. The van der Waals surface area contributed by atoms with Gasteiger partial charge in [-0.1, -0.05) is 23.7 Å². The fourth-order valence-corrected chi connectivity index (χ4v) is 2.86. The third-order valence-electron chi connectivity index (χ3n) is 3.69. The van der Waals surface area contributed by atoms with Crippen LogP contribution in [0, 0.1) is 0 Å². The van der Waals surface area contributed by atoms with Crippen LogP contribution in [0.1, 0.15) is 30.3 Å². The van der Waals surface area contributed by atoms with E-state index in [4.69, 9.17) is 16.6 Å². The van der Waals surface area contributed by atoms with E-state index in [1.165, 1.54) is 18.4 Å². The first-order chi connectivity index (χ1) is 9.81. The summed E-state index contributed by atoms with van der Waals surface area (Å²) in [6.45, 7) is 0. The molecule has 0 bridgehead atoms. The van der Waals surface area contributed by atoms with E-state index in [9.17, 15) is 0 Å². The molecular formula is C16H14ClN3. The van der Waals surface area contributed by atoms with E-state index in [0.29, 0.717) is 6.04 Å². The van der Waals surface area contributed by atoms with E-state index in [1.54, 1.807) is 0 Å². The Labute approximate surface area is 122 Å². The molecule has 0 unspecified atom stereocenters. The highest BCUT2D eigenvalue weighted by Crippen LogP contribution is 2.38. The van der Waals surface area contributed by atoms with Crippen molar-refractivity contribution in [3.63, 3.8) is 0 Å². The molecule has 2 heterocycles. The Morgan fingerprint density at radius 2 is 2.10 bits per heavy atom. The SMILES string of the molecule is Clc1cccc(Cc2nc3cccnc3n2C2CC2)c1. The fourth-order valence-electron chi connectivity index (χ4n) is 2.65. The molecule has 3 aromatic rings. The lowest BCUT2D eigenvalue weighted by atomic mass is 10.1. The number of nitrogens with zero attached hydrogens (tertiary/aromatic N) is 3. The van der Waals surface area contributed by atoms with Crippen LogP contribution in [-0.4, -0.2) is 14.5 Å². The van der Waals surface area contributed by atoms with Gasteiger partial charge in [-0.25, -0.2) is 9.97 Å². The molecule has 4 rings (SSSR count). The van der Waals surface area contributed by atoms with Gasteiger partial charge in [-0.3, -0.25) is 0 Å². The molecule has 20 heavy (non-hydrogen) atoms. The summed E-state index contributed by atoms with van der Waals surface area (Å²) in [6.07, 6.45) is 5.09. The van der Waals surface area contributed by atoms with Gasteiger partial charge in [0.05, 0.1) is 0 Å². The molecule has 0 aliphatic heterocycles. The molecule has 4 heteroatoms. The minimum absolute atomic E-state index is 0.573. The molecule has 0 saturated heterocycles. The lowest BCUT2D eigenvalue weighted by Gasteiger charge is -2.07. The summed E-state index contributed by atoms with van der Waals surface area (Å²) in [5.41, 5.74) is 3.18. The number of hydrogen-bond donors (Lipinski definition) is 0. The normalized spacial score (nSPS) is 14.8. The van der Waals surface area contributed by atoms with Crippen molar-refractivity contribution in [2.75, 3.05) is 0 Å². The molecule has 2 aromatic heterocycles. The monoisotopic (exact) mass is 283 g/mol. The summed E-state index contributed by atoms with van der Waals surface area (Å²) in [4.78, 5) is 9.25. The zero-order valence-corrected chi connectivity index (χ0v) is 11.7. The van der Waals surface area contributed by atoms with Gasteiger partial charge in [-0.05, 0) is 42.7 Å². The van der Waals surface area contributed by atoms with Crippen LogP contribution in [0.15, 0.2) is 42.6 Å². The minimum atomic E-state index is 0.573. The van der Waals surface area contributed by atoms with Crippen LogP contribution in [-0.2, 0) is 6.42 Å². The van der Waals surface area contributed by atoms with Crippen LogP contribution in [0.3, 0.4) is 0 Å². The highest BCUT2D eigenvalue weighted by Gasteiger charge is 2.28. The summed E-state index contributed by atoms with van der Waals surface area (Å²) in [6, 6.07) is 12.5. The number of pyridine rings is 1. The number of benzene rings is 1. The first-order valence-corrected chi connectivity index (χ1v) is 7.25. The average Bonchev–Trinajstić information content (AvgIpc) is 3.20. The second kappa shape index (κ2) is 4.60. The van der Waals surface area contributed by atoms with E-state index >= 15 is 0 Å². The maximum Gasteiger partial charge on any atom is 0.160 e. The quantitative estimate of drug-likeness (QED) is 0.727. The molecule has 0 atom stereocenters. The highest BCUT2D eigenvalue weighted by molar-refractivity contribution is 6.30. The molecule has 100 valence electrons. The first-order valence-electron chi connectivity index (χ1n) is 6.87. The highest BCUT2D eigenvalue weighted by atomic mass is 35.5. The summed E-state index contributed by atoms with van der Waals surface area (Å²) >= 11 is 6.06. The van der Waals surface area contributed by atoms with E-state index in [-0.39, 0.29) is 0 Å². The summed E-state index contributed by atoms with van der Waals surface area (Å²) in [7, 11) is 0. The van der Waals surface area contributed by atoms with Gasteiger partial charge in [0.1, 0.15) is 11.3 Å². The van der Waals surface area contributed by atoms with Crippen molar-refractivity contribution in [2.24, 2.45) is 0 Å². The lowest BCUT2D eigenvalue weighted by Crippen LogP contribution is -2.03. The zero-order valence-electron chi connectivity index (χ0n) is 11.0. The third kappa shape index (κ3) is 2.08. The van der Waals surface area contributed by atoms with Gasteiger partial charge < -0.3 is 4.57 Å². The van der Waals surface area contributed by atoms with Crippen molar-refractivity contribution < 1.29 is 0 Å². The molecule has 1 saturated carbocycles. The molecule has 1 fully saturated rings. The van der Waals surface area contributed by atoms with Gasteiger partial charge in [0.2, 0.25) is 0 Å². The average molecular weight is 284 g/mol. The molecule has 3 nitrogen and oxygen atoms in total. The van der Waals surface area contributed by atoms with Crippen molar-refractivity contribution >= 4 is 22.8 Å². The number of rotatable bonds is 3. The smallest absolute Gasteiger partial charge is 0.160 e. The Bertz CT molecular complexity index is 774. The van der Waals surface area contributed by atoms with Crippen molar-refractivity contribution in [3.8, 4) is 0 Å². The Hall–Kier alpha value is -1.87. The molecule has 0 radical (unpaired) electrons. The van der Waals surface area contributed by atoms with Crippen LogP contribution < -0.4 is 0 Å². The third-order valence-corrected chi connectivity index (χ3v) is 3.92. The molecule has 1 aromatic carbocycles. The topological polar surface area (TPSA) is 30.7 Å². The van der Waals surface area contributed by atoms with Crippen LogP contribution in [0.25, 0.3) is 11.2 Å². The molecule has 0 amide bonds. The van der Waals surface area contributed by atoms with Gasteiger partial charge in [-0.15, -0.1) is 0 Å². The predicted octanol–water partition coefficient (Wildman–Crippen LogP) is 4.01. The maximum absolute atomic E-state index is 6.06. The summed E-state index contributed by atoms with van der Waals surface area (Å²) in [5.74, 6) is 1.09. The fraction of sp³-hybridized carbons (Fsp3) is 0.250. The van der Waals surface area contributed by atoms with Crippen molar-refractivity contribution in [2.45, 2.75) is 25.3 Å². The minimum Gasteiger partial charge on any atom is -0.309 e. The number of hydrogen-bond acceptors (Lipinski definition) is 2. The molecule has 0 N–H and O–H groups in total. The lowest BCUT2D eigenvalue weighted by molar-refractivity contribution is 0.709. The van der Waals surface area contributed by atoms with Gasteiger partial charge in [0.15, 0.2) is 5.65 Å². The summed E-state index contributed by atoms with van der Waals surface area (Å²) < 4.78 is 2.30. The molecule has 0 spiro atoms. The van der Waals surface area contributed by atoms with E-state index < -0.39 is 0 Å². The molecule has 1 aliphatic carbocycles. The Kier molecular flexibility index (Phi) is 2.74. The maximum atomic E-state index is 6.06. The van der Waals surface area contributed by atoms with Crippen LogP contribution in [0.4, 0.5) is 0 Å². The Balaban J connectivity index is 1.81. The van der Waals surface area contributed by atoms with E-state index in [0.717, 1.165) is 28.4 Å². The number of imidazole rings is 1. The number of fused-ring (bicyclic) bond motifs is 1. The largest absolute Gasteiger partial charge is 0.309 e. The van der Waals surface area contributed by atoms with Gasteiger partial charge in [-0.2, -0.15) is 0 Å². The van der Waals surface area contributed by atoms with E-state index in [2.05, 4.69) is 15.6 Å². The Morgan fingerprint density at radius 3 is 2.90 bits per heavy atom. The second-order valence-corrected chi connectivity index (χ2v) is 5.72. The van der Waals surface area contributed by atoms with Crippen LogP contribution >= 0.6 is 11.6 Å². The molecular weight excluding hydrogens is 270 g/mol. The van der Waals surface area contributed by atoms with Crippen LogP contribution in [0.5, 0.6) is 0 Å². The summed E-state index contributed by atoms with van der Waals surface area (Å²) in [5, 5.41) is 0.773. The standard InChI is InChI=1S/C16H14ClN3/c17-12-4-1-3-11(9-12)10-15-19-14-5-2-8-18-16(14)20(15)13-6-7-13/h1-5,8-9,13H,6-7,10H2. The number of halogens is 1. The van der Waals surface area contributed by atoms with E-state index in [1.807, 2.05) is 36.5 Å². The number of aromatic nitrogens is 3. The zero-order chi connectivity index (χ0) is 13.5. The van der Waals surface area contributed by atoms with Gasteiger partial charge in [0.25, 0.3) is 0 Å². The van der Waals surface area contributed by atoms with Crippen molar-refractivity contribution in [3.05, 3.63) is 59.0 Å². The van der Waals surface area contributed by atoms with Crippen molar-refractivity contribution in [1.29, 1.82) is 0 Å². The Morgan fingerprint density at radius 1 is 1.20 bits per heavy atom. The second-order valence-electron chi connectivity index (χ2n) is 5.28. The van der Waals surface area contributed by atoms with Gasteiger partial charge >= 0.3 is 0 Å². The molecule has 1 aliphatic rings. The van der Waals surface area contributed by atoms with Gasteiger partial charge in [0, 0.05) is 23.7 Å². The predicted molar refractivity (Wildman–Crippen MR) is 80.1 cm³/mol.